The molecule has 122 valence electrons. The fraction of sp³-hybridized carbons (Fsp3) is 0.769. The summed E-state index contributed by atoms with van der Waals surface area (Å²) in [4.78, 5) is 0.210. The molecule has 2 N–H and O–H groups in total. The number of sulfonamides is 1. The largest absolute Gasteiger partial charge is 0.385 e. The van der Waals surface area contributed by atoms with Crippen molar-refractivity contribution in [3.8, 4) is 0 Å². The quantitative estimate of drug-likeness (QED) is 0.551. The topological polar surface area (TPSA) is 85.2 Å². The van der Waals surface area contributed by atoms with Crippen LogP contribution in [0, 0.1) is 0 Å². The molecular weight excluding hydrogens is 292 g/mol. The Labute approximate surface area is 127 Å². The van der Waals surface area contributed by atoms with Crippen molar-refractivity contribution in [1.29, 1.82) is 0 Å². The van der Waals surface area contributed by atoms with Gasteiger partial charge in [0, 0.05) is 33.0 Å². The van der Waals surface area contributed by atoms with E-state index < -0.39 is 10.0 Å². The number of aryl methyl sites for hydroxylation is 1. The van der Waals surface area contributed by atoms with Crippen LogP contribution < -0.4 is 10.0 Å². The van der Waals surface area contributed by atoms with Gasteiger partial charge in [-0.05, 0) is 32.4 Å². The van der Waals surface area contributed by atoms with Crippen LogP contribution in [0.4, 0.5) is 0 Å². The Kier molecular flexibility index (Phi) is 8.51. The Balaban J connectivity index is 2.38. The minimum absolute atomic E-state index is 0.210. The summed E-state index contributed by atoms with van der Waals surface area (Å²) in [6.07, 6.45) is 5.63. The van der Waals surface area contributed by atoms with E-state index in [-0.39, 0.29) is 4.90 Å². The third-order valence-corrected chi connectivity index (χ3v) is 4.32. The number of ether oxygens (including phenoxy) is 1. The number of nitrogens with one attached hydrogen (secondary N) is 2. The highest BCUT2D eigenvalue weighted by atomic mass is 32.2. The summed E-state index contributed by atoms with van der Waals surface area (Å²) in [5.74, 6) is 0. The van der Waals surface area contributed by atoms with Gasteiger partial charge in [0.15, 0.2) is 0 Å². The fourth-order valence-corrected chi connectivity index (χ4v) is 2.81. The Morgan fingerprint density at radius 2 is 2.10 bits per heavy atom. The van der Waals surface area contributed by atoms with Gasteiger partial charge in [-0.2, -0.15) is 5.10 Å². The van der Waals surface area contributed by atoms with Gasteiger partial charge in [-0.3, -0.25) is 4.68 Å². The van der Waals surface area contributed by atoms with E-state index in [1.165, 1.54) is 6.20 Å². The van der Waals surface area contributed by atoms with Gasteiger partial charge in [0.1, 0.15) is 4.90 Å². The van der Waals surface area contributed by atoms with Crippen molar-refractivity contribution >= 4 is 10.0 Å². The molecular formula is C13H26N4O3S. The first-order valence-corrected chi connectivity index (χ1v) is 8.80. The summed E-state index contributed by atoms with van der Waals surface area (Å²) in [6, 6.07) is 0. The van der Waals surface area contributed by atoms with Crippen molar-refractivity contribution in [2.24, 2.45) is 0 Å². The van der Waals surface area contributed by atoms with Crippen LogP contribution >= 0.6 is 0 Å². The molecule has 0 aliphatic carbocycles. The van der Waals surface area contributed by atoms with Gasteiger partial charge >= 0.3 is 0 Å². The molecule has 1 aromatic rings. The molecule has 21 heavy (non-hydrogen) atoms. The van der Waals surface area contributed by atoms with E-state index in [1.807, 2.05) is 0 Å². The van der Waals surface area contributed by atoms with Gasteiger partial charge in [-0.1, -0.05) is 6.92 Å². The molecule has 0 fully saturated rings. The first-order chi connectivity index (χ1) is 10.1. The smallest absolute Gasteiger partial charge is 0.243 e. The summed E-state index contributed by atoms with van der Waals surface area (Å²) in [6.45, 7) is 5.64. The number of hydrogen-bond acceptors (Lipinski definition) is 5. The minimum atomic E-state index is -3.46. The second-order valence-corrected chi connectivity index (χ2v) is 6.55. The normalized spacial score (nSPS) is 11.9. The van der Waals surface area contributed by atoms with Crippen LogP contribution in [0.2, 0.25) is 0 Å². The van der Waals surface area contributed by atoms with E-state index in [1.54, 1.807) is 18.0 Å². The van der Waals surface area contributed by atoms with Crippen LogP contribution in [0.1, 0.15) is 26.2 Å². The molecule has 1 rings (SSSR count). The Morgan fingerprint density at radius 3 is 2.81 bits per heavy atom. The summed E-state index contributed by atoms with van der Waals surface area (Å²) in [5, 5.41) is 7.39. The molecule has 1 aromatic heterocycles. The fourth-order valence-electron chi connectivity index (χ4n) is 1.78. The molecule has 0 aliphatic rings. The molecule has 8 heteroatoms. The van der Waals surface area contributed by atoms with Gasteiger partial charge < -0.3 is 10.1 Å². The van der Waals surface area contributed by atoms with E-state index in [0.29, 0.717) is 26.1 Å². The Hall–Kier alpha value is -0.960. The molecule has 0 aliphatic heterocycles. The highest BCUT2D eigenvalue weighted by Crippen LogP contribution is 2.07. The van der Waals surface area contributed by atoms with Crippen molar-refractivity contribution < 1.29 is 13.2 Å². The number of methoxy groups -OCH3 is 1. The molecule has 0 saturated carbocycles. The van der Waals surface area contributed by atoms with Crippen molar-refractivity contribution in [3.63, 3.8) is 0 Å². The summed E-state index contributed by atoms with van der Waals surface area (Å²) >= 11 is 0. The lowest BCUT2D eigenvalue weighted by molar-refractivity contribution is 0.196. The van der Waals surface area contributed by atoms with Crippen molar-refractivity contribution in [3.05, 3.63) is 12.4 Å². The van der Waals surface area contributed by atoms with Gasteiger partial charge in [0.25, 0.3) is 0 Å². The third kappa shape index (κ3) is 7.03. The van der Waals surface area contributed by atoms with E-state index >= 15 is 0 Å². The molecule has 0 radical (unpaired) electrons. The van der Waals surface area contributed by atoms with Crippen molar-refractivity contribution in [1.82, 2.24) is 19.8 Å². The highest BCUT2D eigenvalue weighted by Gasteiger charge is 2.15. The van der Waals surface area contributed by atoms with Gasteiger partial charge in [-0.25, -0.2) is 13.1 Å². The predicted octanol–water partition coefficient (Wildman–Crippen LogP) is 0.588. The summed E-state index contributed by atoms with van der Waals surface area (Å²) in [7, 11) is -1.87. The lowest BCUT2D eigenvalue weighted by atomic mass is 10.4. The number of nitrogens with zero attached hydrogens (tertiary/aromatic N) is 2. The minimum Gasteiger partial charge on any atom is -0.385 e. The van der Waals surface area contributed by atoms with Gasteiger partial charge in [0.2, 0.25) is 10.0 Å². The number of aromatic nitrogens is 2. The molecule has 0 spiro atoms. The van der Waals surface area contributed by atoms with E-state index in [4.69, 9.17) is 4.74 Å². The molecule has 0 bridgehead atoms. The first-order valence-electron chi connectivity index (χ1n) is 7.32. The maximum atomic E-state index is 12.0. The van der Waals surface area contributed by atoms with Gasteiger partial charge in [0.05, 0.1) is 6.20 Å². The summed E-state index contributed by atoms with van der Waals surface area (Å²) < 4.78 is 33.1. The van der Waals surface area contributed by atoms with E-state index in [2.05, 4.69) is 22.1 Å². The van der Waals surface area contributed by atoms with Crippen LogP contribution in [-0.2, 0) is 21.3 Å². The Bertz CT molecular complexity index is 487. The molecule has 0 saturated heterocycles. The second-order valence-electron chi connectivity index (χ2n) is 4.79. The molecule has 1 heterocycles. The number of rotatable bonds is 12. The zero-order valence-electron chi connectivity index (χ0n) is 12.8. The van der Waals surface area contributed by atoms with Crippen LogP contribution in [0.15, 0.2) is 17.3 Å². The SMILES string of the molecule is CCCNCCCn1cc(S(=O)(=O)NCCCOC)cn1. The lowest BCUT2D eigenvalue weighted by Gasteiger charge is -2.04. The highest BCUT2D eigenvalue weighted by molar-refractivity contribution is 7.89. The average Bonchev–Trinajstić information content (AvgIpc) is 2.93. The van der Waals surface area contributed by atoms with Crippen molar-refractivity contribution in [2.45, 2.75) is 37.6 Å². The summed E-state index contributed by atoms with van der Waals surface area (Å²) in [5.41, 5.74) is 0. The number of hydrogen-bond donors (Lipinski definition) is 2. The lowest BCUT2D eigenvalue weighted by Crippen LogP contribution is -2.25. The average molecular weight is 318 g/mol. The molecule has 0 amide bonds. The Morgan fingerprint density at radius 1 is 1.29 bits per heavy atom. The van der Waals surface area contributed by atoms with Crippen molar-refractivity contribution in [2.75, 3.05) is 33.4 Å². The van der Waals surface area contributed by atoms with Crippen LogP contribution in [-0.4, -0.2) is 51.5 Å². The van der Waals surface area contributed by atoms with E-state index in [0.717, 1.165) is 25.9 Å². The van der Waals surface area contributed by atoms with Crippen LogP contribution in [0.25, 0.3) is 0 Å². The first kappa shape index (κ1) is 18.1. The maximum absolute atomic E-state index is 12.0. The second kappa shape index (κ2) is 9.88. The van der Waals surface area contributed by atoms with Crippen LogP contribution in [0.5, 0.6) is 0 Å². The molecule has 0 unspecified atom stereocenters. The van der Waals surface area contributed by atoms with Crippen LogP contribution in [0.3, 0.4) is 0 Å². The monoisotopic (exact) mass is 318 g/mol. The molecule has 0 aromatic carbocycles. The standard InChI is InChI=1S/C13H26N4O3S/c1-3-6-14-7-4-9-17-12-13(11-15-17)21(18,19)16-8-5-10-20-2/h11-12,14,16H,3-10H2,1-2H3. The predicted molar refractivity (Wildman–Crippen MR) is 81.7 cm³/mol. The molecule has 0 atom stereocenters. The third-order valence-electron chi connectivity index (χ3n) is 2.90. The maximum Gasteiger partial charge on any atom is 0.243 e. The zero-order valence-corrected chi connectivity index (χ0v) is 13.7. The van der Waals surface area contributed by atoms with E-state index in [9.17, 15) is 8.42 Å². The zero-order chi connectivity index (χ0) is 15.6. The van der Waals surface area contributed by atoms with Gasteiger partial charge in [-0.15, -0.1) is 0 Å². The molecule has 7 nitrogen and oxygen atoms in total.